The van der Waals surface area contributed by atoms with Crippen molar-refractivity contribution in [2.24, 2.45) is 0 Å². The molecule has 0 saturated carbocycles. The van der Waals surface area contributed by atoms with E-state index in [2.05, 4.69) is 158 Å². The van der Waals surface area contributed by atoms with E-state index in [1.807, 2.05) is 0 Å². The molecule has 218 valence electrons. The van der Waals surface area contributed by atoms with Crippen molar-refractivity contribution in [1.29, 1.82) is 0 Å². The Bertz CT molecular complexity index is 2810. The van der Waals surface area contributed by atoms with Gasteiger partial charge in [0.25, 0.3) is 0 Å². The molecule has 0 fully saturated rings. The fourth-order valence-corrected chi connectivity index (χ4v) is 8.37. The van der Waals surface area contributed by atoms with Crippen molar-refractivity contribution in [3.05, 3.63) is 115 Å². The maximum absolute atomic E-state index is 2.59. The third kappa shape index (κ3) is 3.06. The predicted molar refractivity (Wildman–Crippen MR) is 192 cm³/mol. The van der Waals surface area contributed by atoms with Crippen LogP contribution in [0.25, 0.3) is 81.9 Å². The molecular weight excluding hydrogens is 546 g/mol. The Labute approximate surface area is 261 Å². The van der Waals surface area contributed by atoms with E-state index >= 15 is 0 Å². The fourth-order valence-electron chi connectivity index (χ4n) is 8.37. The average Bonchev–Trinajstić information content (AvgIpc) is 3.80. The molecule has 0 radical (unpaired) electrons. The third-order valence-electron chi connectivity index (χ3n) is 10.3. The van der Waals surface area contributed by atoms with Gasteiger partial charge in [-0.15, -0.1) is 0 Å². The van der Waals surface area contributed by atoms with Crippen LogP contribution in [0.1, 0.15) is 52.9 Å². The van der Waals surface area contributed by atoms with Gasteiger partial charge >= 0.3 is 0 Å². The standard InChI is InChI=1S/C42H35N3/c1-41(2,3)36-19-24-13-12-17-26-28-20-29-30-21-35-38(27-16-10-11-18-32(27)43(35)25-14-8-7-9-15-25)31-22-37(42(4,5)6)45(40(30)31)34(29)23-33(28)44(36)39(24)26/h7-23H,1-6H3. The van der Waals surface area contributed by atoms with E-state index < -0.39 is 0 Å². The first kappa shape index (κ1) is 25.3. The molecule has 0 aliphatic carbocycles. The molecule has 0 N–H and O–H groups in total. The van der Waals surface area contributed by atoms with E-state index in [0.717, 1.165) is 0 Å². The smallest absolute Gasteiger partial charge is 0.0618 e. The van der Waals surface area contributed by atoms with Crippen LogP contribution in [0.2, 0.25) is 0 Å². The Morgan fingerprint density at radius 3 is 1.82 bits per heavy atom. The zero-order valence-corrected chi connectivity index (χ0v) is 26.7. The Kier molecular flexibility index (Phi) is 4.49. The average molecular weight is 582 g/mol. The van der Waals surface area contributed by atoms with Gasteiger partial charge < -0.3 is 13.4 Å². The molecule has 0 amide bonds. The summed E-state index contributed by atoms with van der Waals surface area (Å²) in [4.78, 5) is 0. The maximum atomic E-state index is 2.59. The number of rotatable bonds is 1. The molecule has 0 unspecified atom stereocenters. The monoisotopic (exact) mass is 581 g/mol. The van der Waals surface area contributed by atoms with Gasteiger partial charge in [-0.05, 0) is 48.5 Å². The summed E-state index contributed by atoms with van der Waals surface area (Å²) in [6, 6.07) is 38.9. The molecule has 0 aliphatic heterocycles. The lowest BCUT2D eigenvalue weighted by molar-refractivity contribution is 0.567. The third-order valence-corrected chi connectivity index (χ3v) is 10.3. The molecule has 10 rings (SSSR count). The number of para-hydroxylation sites is 3. The summed E-state index contributed by atoms with van der Waals surface area (Å²) in [6.45, 7) is 14.0. The maximum Gasteiger partial charge on any atom is 0.0618 e. The topological polar surface area (TPSA) is 13.8 Å². The molecule has 5 aromatic heterocycles. The zero-order valence-electron chi connectivity index (χ0n) is 26.7. The zero-order chi connectivity index (χ0) is 30.6. The SMILES string of the molecule is CC(C)(C)c1cc2cccc3c4cc5c6cc7c(c8ccccc8n7-c7ccccc7)c7cc(C(C)(C)C)n(c5cc4n1c23)c67. The van der Waals surface area contributed by atoms with Crippen molar-refractivity contribution in [1.82, 2.24) is 13.4 Å². The Morgan fingerprint density at radius 1 is 0.422 bits per heavy atom. The fraction of sp³-hybridized carbons (Fsp3) is 0.190. The van der Waals surface area contributed by atoms with Crippen LogP contribution in [-0.2, 0) is 10.8 Å². The van der Waals surface area contributed by atoms with Gasteiger partial charge in [-0.25, -0.2) is 0 Å². The Hall–Kier alpha value is -5.02. The van der Waals surface area contributed by atoms with Crippen LogP contribution in [-0.4, -0.2) is 13.4 Å². The van der Waals surface area contributed by atoms with Crippen molar-refractivity contribution in [2.45, 2.75) is 52.4 Å². The van der Waals surface area contributed by atoms with Gasteiger partial charge in [-0.1, -0.05) is 96.1 Å². The second kappa shape index (κ2) is 7.97. The number of hydrogen-bond acceptors (Lipinski definition) is 0. The number of fused-ring (bicyclic) bond motifs is 10. The van der Waals surface area contributed by atoms with Crippen molar-refractivity contribution < 1.29 is 0 Å². The lowest BCUT2D eigenvalue weighted by Gasteiger charge is -2.19. The van der Waals surface area contributed by atoms with Crippen LogP contribution in [0.4, 0.5) is 0 Å². The normalized spacial score (nSPS) is 13.6. The van der Waals surface area contributed by atoms with Crippen LogP contribution in [0.15, 0.2) is 103 Å². The highest BCUT2D eigenvalue weighted by Crippen LogP contribution is 2.47. The first-order chi connectivity index (χ1) is 21.6. The molecule has 0 spiro atoms. The minimum absolute atomic E-state index is 0.0201. The van der Waals surface area contributed by atoms with Gasteiger partial charge in [0.05, 0.1) is 33.1 Å². The summed E-state index contributed by atoms with van der Waals surface area (Å²) in [5, 5.41) is 10.6. The lowest BCUT2D eigenvalue weighted by atomic mass is 9.91. The highest BCUT2D eigenvalue weighted by atomic mass is 15.0. The predicted octanol–water partition coefficient (Wildman–Crippen LogP) is 11.4. The second-order valence-electron chi connectivity index (χ2n) is 15.1. The van der Waals surface area contributed by atoms with Crippen molar-refractivity contribution in [3.8, 4) is 5.69 Å². The summed E-state index contributed by atoms with van der Waals surface area (Å²) < 4.78 is 7.60. The van der Waals surface area contributed by atoms with Crippen LogP contribution in [0.5, 0.6) is 0 Å². The van der Waals surface area contributed by atoms with Gasteiger partial charge in [0.15, 0.2) is 0 Å². The van der Waals surface area contributed by atoms with Crippen molar-refractivity contribution >= 4 is 76.2 Å². The summed E-state index contributed by atoms with van der Waals surface area (Å²) in [5.74, 6) is 0. The first-order valence-electron chi connectivity index (χ1n) is 16.1. The van der Waals surface area contributed by atoms with Crippen LogP contribution >= 0.6 is 0 Å². The van der Waals surface area contributed by atoms with Crippen molar-refractivity contribution in [3.63, 3.8) is 0 Å². The van der Waals surface area contributed by atoms with E-state index in [1.54, 1.807) is 0 Å². The molecular formula is C42H35N3. The van der Waals surface area contributed by atoms with Crippen LogP contribution in [0, 0.1) is 0 Å². The molecule has 0 bridgehead atoms. The number of aromatic nitrogens is 3. The van der Waals surface area contributed by atoms with E-state index in [1.165, 1.54) is 93.3 Å². The highest BCUT2D eigenvalue weighted by molar-refractivity contribution is 6.30. The summed E-state index contributed by atoms with van der Waals surface area (Å²) in [6.07, 6.45) is 0. The minimum atomic E-state index is -0.0404. The van der Waals surface area contributed by atoms with Gasteiger partial charge in [-0.2, -0.15) is 0 Å². The van der Waals surface area contributed by atoms with E-state index in [0.29, 0.717) is 0 Å². The van der Waals surface area contributed by atoms with Gasteiger partial charge in [-0.3, -0.25) is 0 Å². The Morgan fingerprint density at radius 2 is 1.07 bits per heavy atom. The summed E-state index contributed by atoms with van der Waals surface area (Å²) in [7, 11) is 0. The molecule has 5 aromatic carbocycles. The molecule has 0 aliphatic rings. The molecule has 10 aromatic rings. The molecule has 3 heteroatoms. The minimum Gasteiger partial charge on any atom is -0.312 e. The summed E-state index contributed by atoms with van der Waals surface area (Å²) in [5.41, 5.74) is 11.7. The van der Waals surface area contributed by atoms with E-state index in [4.69, 9.17) is 0 Å². The largest absolute Gasteiger partial charge is 0.312 e. The number of hydrogen-bond donors (Lipinski definition) is 0. The Balaban J connectivity index is 1.47. The van der Waals surface area contributed by atoms with Gasteiger partial charge in [0.1, 0.15) is 0 Å². The number of nitrogens with zero attached hydrogens (tertiary/aromatic N) is 3. The molecule has 0 saturated heterocycles. The quantitative estimate of drug-likeness (QED) is 0.183. The van der Waals surface area contributed by atoms with E-state index in [-0.39, 0.29) is 10.8 Å². The lowest BCUT2D eigenvalue weighted by Crippen LogP contribution is -2.14. The molecule has 0 atom stereocenters. The van der Waals surface area contributed by atoms with Gasteiger partial charge in [0, 0.05) is 71.0 Å². The highest BCUT2D eigenvalue weighted by Gasteiger charge is 2.29. The first-order valence-corrected chi connectivity index (χ1v) is 16.1. The second-order valence-corrected chi connectivity index (χ2v) is 15.1. The molecule has 5 heterocycles. The molecule has 45 heavy (non-hydrogen) atoms. The van der Waals surface area contributed by atoms with Crippen LogP contribution < -0.4 is 0 Å². The molecule has 3 nitrogen and oxygen atoms in total. The van der Waals surface area contributed by atoms with Crippen molar-refractivity contribution in [2.75, 3.05) is 0 Å². The van der Waals surface area contributed by atoms with Crippen LogP contribution in [0.3, 0.4) is 0 Å². The summed E-state index contributed by atoms with van der Waals surface area (Å²) >= 11 is 0. The van der Waals surface area contributed by atoms with Gasteiger partial charge in [0.2, 0.25) is 0 Å². The number of benzene rings is 5. The van der Waals surface area contributed by atoms with E-state index in [9.17, 15) is 0 Å².